The minimum atomic E-state index is -0.168. The van der Waals surface area contributed by atoms with Crippen molar-refractivity contribution in [2.75, 3.05) is 50.0 Å². The molecular formula is C18H22Cl2N4O2S. The van der Waals surface area contributed by atoms with E-state index in [1.165, 1.54) is 11.3 Å². The first-order valence-corrected chi connectivity index (χ1v) is 9.28. The van der Waals surface area contributed by atoms with Gasteiger partial charge in [0.1, 0.15) is 0 Å². The van der Waals surface area contributed by atoms with Gasteiger partial charge < -0.3 is 10.2 Å². The van der Waals surface area contributed by atoms with Gasteiger partial charge in [0.2, 0.25) is 5.91 Å². The number of rotatable bonds is 2. The van der Waals surface area contributed by atoms with Crippen molar-refractivity contribution in [1.82, 2.24) is 9.80 Å². The zero-order valence-corrected chi connectivity index (χ0v) is 17.3. The SMILES string of the molecule is CN1CCN(CC(=O)N2c3ccccc3NC(=O)c3cscc32)CC1.Cl.Cl. The molecule has 0 atom stereocenters. The Morgan fingerprint density at radius 2 is 1.78 bits per heavy atom. The highest BCUT2D eigenvalue weighted by Crippen LogP contribution is 2.39. The number of nitrogens with one attached hydrogen (secondary N) is 1. The van der Waals surface area contributed by atoms with E-state index in [4.69, 9.17) is 0 Å². The van der Waals surface area contributed by atoms with Gasteiger partial charge in [0.25, 0.3) is 5.91 Å². The summed E-state index contributed by atoms with van der Waals surface area (Å²) in [6.07, 6.45) is 0. The smallest absolute Gasteiger partial charge is 0.258 e. The lowest BCUT2D eigenvalue weighted by molar-refractivity contribution is -0.119. The lowest BCUT2D eigenvalue weighted by Crippen LogP contribution is -2.48. The molecule has 2 aromatic rings. The molecule has 0 aliphatic carbocycles. The van der Waals surface area contributed by atoms with Crippen LogP contribution in [0.15, 0.2) is 35.0 Å². The third kappa shape index (κ3) is 4.28. The average Bonchev–Trinajstić information content (AvgIpc) is 3.04. The Morgan fingerprint density at radius 1 is 1.07 bits per heavy atom. The summed E-state index contributed by atoms with van der Waals surface area (Å²) < 4.78 is 0. The number of benzene rings is 1. The second-order valence-corrected chi connectivity index (χ2v) is 7.19. The maximum atomic E-state index is 13.2. The maximum Gasteiger partial charge on any atom is 0.258 e. The molecule has 9 heteroatoms. The summed E-state index contributed by atoms with van der Waals surface area (Å²) in [6.45, 7) is 4.05. The first-order valence-electron chi connectivity index (χ1n) is 8.34. The molecule has 1 saturated heterocycles. The van der Waals surface area contributed by atoms with E-state index in [2.05, 4.69) is 22.2 Å². The normalized spacial score (nSPS) is 16.9. The third-order valence-corrected chi connectivity index (χ3v) is 5.46. The summed E-state index contributed by atoms with van der Waals surface area (Å²) in [5.41, 5.74) is 2.62. The summed E-state index contributed by atoms with van der Waals surface area (Å²) in [7, 11) is 2.10. The minimum absolute atomic E-state index is 0. The second kappa shape index (κ2) is 9.03. The van der Waals surface area contributed by atoms with E-state index >= 15 is 0 Å². The number of carbonyl (C=O) groups is 2. The van der Waals surface area contributed by atoms with Gasteiger partial charge in [0, 0.05) is 36.9 Å². The number of fused-ring (bicyclic) bond motifs is 2. The van der Waals surface area contributed by atoms with E-state index in [0.29, 0.717) is 23.5 Å². The van der Waals surface area contributed by atoms with Gasteiger partial charge in [-0.1, -0.05) is 12.1 Å². The van der Waals surface area contributed by atoms with Crippen molar-refractivity contribution in [2.24, 2.45) is 0 Å². The topological polar surface area (TPSA) is 55.9 Å². The average molecular weight is 429 g/mol. The van der Waals surface area contributed by atoms with Crippen LogP contribution in [0.2, 0.25) is 0 Å². The fourth-order valence-electron chi connectivity index (χ4n) is 3.26. The van der Waals surface area contributed by atoms with Gasteiger partial charge in [-0.05, 0) is 19.2 Å². The molecule has 1 aromatic carbocycles. The number of hydrogen-bond donors (Lipinski definition) is 1. The van der Waals surface area contributed by atoms with Crippen molar-refractivity contribution in [2.45, 2.75) is 0 Å². The zero-order valence-electron chi connectivity index (χ0n) is 14.9. The summed E-state index contributed by atoms with van der Waals surface area (Å²) >= 11 is 1.44. The Hall–Kier alpha value is -1.64. The number of carbonyl (C=O) groups excluding carboxylic acids is 2. The molecule has 2 aliphatic heterocycles. The first-order chi connectivity index (χ1) is 12.1. The second-order valence-electron chi connectivity index (χ2n) is 6.45. The Balaban J connectivity index is 0.00000131. The Morgan fingerprint density at radius 3 is 2.52 bits per heavy atom. The van der Waals surface area contributed by atoms with Gasteiger partial charge in [-0.2, -0.15) is 0 Å². The highest BCUT2D eigenvalue weighted by atomic mass is 35.5. The molecule has 3 heterocycles. The van der Waals surface area contributed by atoms with E-state index < -0.39 is 0 Å². The molecule has 2 aliphatic rings. The highest BCUT2D eigenvalue weighted by Gasteiger charge is 2.31. The van der Waals surface area contributed by atoms with E-state index in [1.807, 2.05) is 29.6 Å². The fraction of sp³-hybridized carbons (Fsp3) is 0.333. The predicted molar refractivity (Wildman–Crippen MR) is 114 cm³/mol. The van der Waals surface area contributed by atoms with Gasteiger partial charge in [0.15, 0.2) is 0 Å². The number of nitrogens with zero attached hydrogens (tertiary/aromatic N) is 3. The molecule has 27 heavy (non-hydrogen) atoms. The number of amides is 2. The molecule has 1 aromatic heterocycles. The van der Waals surface area contributed by atoms with Crippen LogP contribution >= 0.6 is 36.2 Å². The van der Waals surface area contributed by atoms with Gasteiger partial charge in [-0.25, -0.2) is 0 Å². The van der Waals surface area contributed by atoms with E-state index in [-0.39, 0.29) is 36.6 Å². The van der Waals surface area contributed by atoms with Crippen molar-refractivity contribution >= 4 is 65.0 Å². The number of piperazine rings is 1. The molecule has 0 unspecified atom stereocenters. The molecule has 0 bridgehead atoms. The predicted octanol–water partition coefficient (Wildman–Crippen LogP) is 3.07. The minimum Gasteiger partial charge on any atom is -0.320 e. The van der Waals surface area contributed by atoms with Crippen LogP contribution in [0.3, 0.4) is 0 Å². The molecule has 0 radical (unpaired) electrons. The molecule has 2 amide bonds. The van der Waals surface area contributed by atoms with Gasteiger partial charge >= 0.3 is 0 Å². The van der Waals surface area contributed by atoms with Crippen LogP contribution in [0.25, 0.3) is 0 Å². The Kier molecular flexibility index (Phi) is 7.25. The number of anilines is 3. The monoisotopic (exact) mass is 428 g/mol. The van der Waals surface area contributed by atoms with Crippen LogP contribution in [0, 0.1) is 0 Å². The zero-order chi connectivity index (χ0) is 17.4. The maximum absolute atomic E-state index is 13.2. The highest BCUT2D eigenvalue weighted by molar-refractivity contribution is 7.08. The van der Waals surface area contributed by atoms with Gasteiger partial charge in [-0.15, -0.1) is 36.2 Å². The van der Waals surface area contributed by atoms with Crippen LogP contribution < -0.4 is 10.2 Å². The molecule has 6 nitrogen and oxygen atoms in total. The Labute approximate surface area is 174 Å². The fourth-order valence-corrected chi connectivity index (χ4v) is 4.06. The van der Waals surface area contributed by atoms with Crippen molar-refractivity contribution in [3.05, 3.63) is 40.6 Å². The molecule has 1 fully saturated rings. The van der Waals surface area contributed by atoms with Gasteiger partial charge in [-0.3, -0.25) is 19.4 Å². The lowest BCUT2D eigenvalue weighted by atomic mass is 10.2. The first kappa shape index (κ1) is 21.7. The Bertz CT molecular complexity index is 821. The quantitative estimate of drug-likeness (QED) is 0.798. The van der Waals surface area contributed by atoms with E-state index in [1.54, 1.807) is 10.3 Å². The van der Waals surface area contributed by atoms with Crippen molar-refractivity contribution in [3.63, 3.8) is 0 Å². The summed E-state index contributed by atoms with van der Waals surface area (Å²) in [6, 6.07) is 7.46. The van der Waals surface area contributed by atoms with Crippen molar-refractivity contribution in [1.29, 1.82) is 0 Å². The van der Waals surface area contributed by atoms with Crippen LogP contribution in [-0.4, -0.2) is 61.4 Å². The number of para-hydroxylation sites is 2. The largest absolute Gasteiger partial charge is 0.320 e. The summed E-state index contributed by atoms with van der Waals surface area (Å²) in [5, 5.41) is 6.58. The lowest BCUT2D eigenvalue weighted by Gasteiger charge is -2.33. The van der Waals surface area contributed by atoms with Crippen LogP contribution in [0.4, 0.5) is 17.1 Å². The number of likely N-dealkylation sites (N-methyl/N-ethyl adjacent to an activating group) is 1. The summed E-state index contributed by atoms with van der Waals surface area (Å²) in [4.78, 5) is 31.8. The van der Waals surface area contributed by atoms with Crippen LogP contribution in [-0.2, 0) is 4.79 Å². The summed E-state index contributed by atoms with van der Waals surface area (Å²) in [5.74, 6) is -0.174. The molecular weight excluding hydrogens is 407 g/mol. The molecule has 0 saturated carbocycles. The third-order valence-electron chi connectivity index (χ3n) is 4.72. The van der Waals surface area contributed by atoms with Crippen LogP contribution in [0.5, 0.6) is 0 Å². The molecule has 4 rings (SSSR count). The van der Waals surface area contributed by atoms with Crippen molar-refractivity contribution < 1.29 is 9.59 Å². The standard InChI is InChI=1S/C18H20N4O2S.2ClH/c1-20-6-8-21(9-7-20)10-17(23)22-15-5-3-2-4-14(15)19-18(24)13-11-25-12-16(13)22;;/h2-5,11-12H,6-10H2,1H3,(H,19,24);2*1H. The molecule has 1 N–H and O–H groups in total. The molecule has 146 valence electrons. The number of hydrogen-bond acceptors (Lipinski definition) is 5. The number of halogens is 2. The van der Waals surface area contributed by atoms with Crippen molar-refractivity contribution in [3.8, 4) is 0 Å². The number of thiophene rings is 1. The molecule has 0 spiro atoms. The van der Waals surface area contributed by atoms with Gasteiger partial charge in [0.05, 0.1) is 29.2 Å². The van der Waals surface area contributed by atoms with Crippen LogP contribution in [0.1, 0.15) is 10.4 Å². The van der Waals surface area contributed by atoms with E-state index in [0.717, 1.165) is 31.9 Å². The van der Waals surface area contributed by atoms with E-state index in [9.17, 15) is 9.59 Å².